The molecule has 0 saturated carbocycles. The van der Waals surface area contributed by atoms with Gasteiger partial charge in [0.15, 0.2) is 0 Å². The summed E-state index contributed by atoms with van der Waals surface area (Å²) in [6.07, 6.45) is 2.57. The van der Waals surface area contributed by atoms with Crippen LogP contribution in [-0.2, 0) is 6.42 Å². The largest absolute Gasteiger partial charge is 0.370 e. The lowest BCUT2D eigenvalue weighted by molar-refractivity contribution is 1.03. The van der Waals surface area contributed by atoms with Gasteiger partial charge in [0.2, 0.25) is 0 Å². The third-order valence-corrected chi connectivity index (χ3v) is 3.27. The van der Waals surface area contributed by atoms with Crippen LogP contribution in [0.1, 0.15) is 19.4 Å². The molecular formula is C12H15N3S. The quantitative estimate of drug-likeness (QED) is 0.881. The summed E-state index contributed by atoms with van der Waals surface area (Å²) in [5, 5.41) is 5.36. The van der Waals surface area contributed by atoms with Crippen molar-refractivity contribution in [3.63, 3.8) is 0 Å². The smallest absolute Gasteiger partial charge is 0.133 e. The monoisotopic (exact) mass is 233 g/mol. The van der Waals surface area contributed by atoms with Crippen LogP contribution in [-0.4, -0.2) is 16.5 Å². The second-order valence-electron chi connectivity index (χ2n) is 3.41. The summed E-state index contributed by atoms with van der Waals surface area (Å²) in [7, 11) is 0. The van der Waals surface area contributed by atoms with Crippen LogP contribution in [0.2, 0.25) is 0 Å². The minimum atomic E-state index is 0.883. The number of rotatable bonds is 4. The van der Waals surface area contributed by atoms with Gasteiger partial charge in [-0.3, -0.25) is 0 Å². The van der Waals surface area contributed by atoms with Crippen LogP contribution in [0.25, 0.3) is 10.6 Å². The second-order valence-corrected chi connectivity index (χ2v) is 4.36. The lowest BCUT2D eigenvalue weighted by atomic mass is 10.1. The number of anilines is 1. The summed E-state index contributed by atoms with van der Waals surface area (Å²) < 4.78 is 0. The molecule has 0 bridgehead atoms. The summed E-state index contributed by atoms with van der Waals surface area (Å²) >= 11 is 1.71. The van der Waals surface area contributed by atoms with E-state index in [-0.39, 0.29) is 0 Å². The van der Waals surface area contributed by atoms with Crippen LogP contribution >= 0.6 is 11.3 Å². The molecule has 16 heavy (non-hydrogen) atoms. The van der Waals surface area contributed by atoms with Crippen molar-refractivity contribution in [1.29, 1.82) is 0 Å². The van der Waals surface area contributed by atoms with Gasteiger partial charge in [0, 0.05) is 12.1 Å². The molecule has 2 rings (SSSR count). The van der Waals surface area contributed by atoms with E-state index in [0.29, 0.717) is 0 Å². The lowest BCUT2D eigenvalue weighted by Gasteiger charge is -2.10. The fourth-order valence-electron chi connectivity index (χ4n) is 1.69. The molecule has 0 amide bonds. The summed E-state index contributed by atoms with van der Waals surface area (Å²) in [5.41, 5.74) is 2.26. The normalized spacial score (nSPS) is 10.4. The molecular weight excluding hydrogens is 218 g/mol. The number of nitrogens with zero attached hydrogens (tertiary/aromatic N) is 2. The Labute approximate surface area is 99.6 Å². The minimum absolute atomic E-state index is 0.883. The molecule has 0 atom stereocenters. The van der Waals surface area contributed by atoms with Crippen LogP contribution in [0.15, 0.2) is 23.8 Å². The van der Waals surface area contributed by atoms with Crippen LogP contribution < -0.4 is 5.32 Å². The maximum absolute atomic E-state index is 4.39. The van der Waals surface area contributed by atoms with E-state index >= 15 is 0 Å². The minimum Gasteiger partial charge on any atom is -0.370 e. The molecule has 2 heterocycles. The highest BCUT2D eigenvalue weighted by Crippen LogP contribution is 2.29. The fourth-order valence-corrected chi connectivity index (χ4v) is 2.44. The highest BCUT2D eigenvalue weighted by molar-refractivity contribution is 7.13. The van der Waals surface area contributed by atoms with Gasteiger partial charge in [-0.2, -0.15) is 0 Å². The van der Waals surface area contributed by atoms with E-state index in [1.807, 2.05) is 0 Å². The van der Waals surface area contributed by atoms with Crippen molar-refractivity contribution in [2.45, 2.75) is 20.3 Å². The van der Waals surface area contributed by atoms with Crippen LogP contribution in [0.3, 0.4) is 0 Å². The molecule has 0 aliphatic rings. The Kier molecular flexibility index (Phi) is 3.51. The van der Waals surface area contributed by atoms with E-state index in [2.05, 4.69) is 46.6 Å². The molecule has 4 heteroatoms. The first-order valence-electron chi connectivity index (χ1n) is 5.48. The van der Waals surface area contributed by atoms with Gasteiger partial charge in [-0.15, -0.1) is 11.3 Å². The molecule has 0 saturated heterocycles. The zero-order valence-corrected chi connectivity index (χ0v) is 10.3. The Bertz CT molecular complexity index is 451. The summed E-state index contributed by atoms with van der Waals surface area (Å²) in [4.78, 5) is 9.89. The number of hydrogen-bond acceptors (Lipinski definition) is 4. The predicted molar refractivity (Wildman–Crippen MR) is 68.9 cm³/mol. The van der Waals surface area contributed by atoms with E-state index < -0.39 is 0 Å². The van der Waals surface area contributed by atoms with E-state index in [4.69, 9.17) is 0 Å². The van der Waals surface area contributed by atoms with Crippen molar-refractivity contribution in [2.75, 3.05) is 11.9 Å². The molecule has 0 radical (unpaired) electrons. The van der Waals surface area contributed by atoms with Gasteiger partial charge in [0.25, 0.3) is 0 Å². The van der Waals surface area contributed by atoms with E-state index in [0.717, 1.165) is 24.5 Å². The van der Waals surface area contributed by atoms with Gasteiger partial charge in [-0.25, -0.2) is 9.97 Å². The third-order valence-electron chi connectivity index (χ3n) is 2.40. The summed E-state index contributed by atoms with van der Waals surface area (Å²) in [6, 6.07) is 4.15. The lowest BCUT2D eigenvalue weighted by Crippen LogP contribution is -2.05. The van der Waals surface area contributed by atoms with Gasteiger partial charge in [0.05, 0.1) is 10.6 Å². The van der Waals surface area contributed by atoms with Gasteiger partial charge < -0.3 is 5.32 Å². The average molecular weight is 233 g/mol. The van der Waals surface area contributed by atoms with Gasteiger partial charge in [-0.05, 0) is 24.8 Å². The first-order valence-corrected chi connectivity index (χ1v) is 6.36. The molecule has 1 N–H and O–H groups in total. The SMILES string of the molecule is CCNc1ncnc(-c2cccs2)c1CC. The van der Waals surface area contributed by atoms with Crippen molar-refractivity contribution in [1.82, 2.24) is 9.97 Å². The molecule has 2 aromatic heterocycles. The molecule has 0 unspecified atom stereocenters. The van der Waals surface area contributed by atoms with E-state index in [1.165, 1.54) is 10.4 Å². The molecule has 0 spiro atoms. The molecule has 0 fully saturated rings. The zero-order valence-electron chi connectivity index (χ0n) is 9.53. The predicted octanol–water partition coefficient (Wildman–Crippen LogP) is 3.20. The highest BCUT2D eigenvalue weighted by atomic mass is 32.1. The molecule has 3 nitrogen and oxygen atoms in total. The first kappa shape index (κ1) is 11.1. The number of thiophene rings is 1. The third kappa shape index (κ3) is 2.07. The summed E-state index contributed by atoms with van der Waals surface area (Å²) in [6.45, 7) is 5.09. The van der Waals surface area contributed by atoms with Crippen molar-refractivity contribution < 1.29 is 0 Å². The van der Waals surface area contributed by atoms with E-state index in [1.54, 1.807) is 17.7 Å². The van der Waals surface area contributed by atoms with Gasteiger partial charge >= 0.3 is 0 Å². The molecule has 2 aromatic rings. The Balaban J connectivity index is 2.49. The number of aromatic nitrogens is 2. The van der Waals surface area contributed by atoms with Crippen molar-refractivity contribution >= 4 is 17.2 Å². The second kappa shape index (κ2) is 5.07. The fraction of sp³-hybridized carbons (Fsp3) is 0.333. The standard InChI is InChI=1S/C12H15N3S/c1-3-9-11(10-6-5-7-16-10)14-8-15-12(9)13-4-2/h5-8H,3-4H2,1-2H3,(H,13,14,15). The molecule has 0 aliphatic heterocycles. The van der Waals surface area contributed by atoms with Crippen LogP contribution in [0.4, 0.5) is 5.82 Å². The number of nitrogens with one attached hydrogen (secondary N) is 1. The van der Waals surface area contributed by atoms with Crippen molar-refractivity contribution in [3.8, 4) is 10.6 Å². The maximum Gasteiger partial charge on any atom is 0.133 e. The topological polar surface area (TPSA) is 37.8 Å². The van der Waals surface area contributed by atoms with Crippen LogP contribution in [0, 0.1) is 0 Å². The Morgan fingerprint density at radius 2 is 2.19 bits per heavy atom. The Morgan fingerprint density at radius 3 is 2.81 bits per heavy atom. The maximum atomic E-state index is 4.39. The van der Waals surface area contributed by atoms with Crippen molar-refractivity contribution in [2.24, 2.45) is 0 Å². The molecule has 0 aliphatic carbocycles. The molecule has 0 aromatic carbocycles. The summed E-state index contributed by atoms with van der Waals surface area (Å²) in [5.74, 6) is 0.961. The number of hydrogen-bond donors (Lipinski definition) is 1. The zero-order chi connectivity index (χ0) is 11.4. The Hall–Kier alpha value is -1.42. The van der Waals surface area contributed by atoms with Gasteiger partial charge in [0.1, 0.15) is 12.1 Å². The Morgan fingerprint density at radius 1 is 1.31 bits per heavy atom. The first-order chi connectivity index (χ1) is 7.86. The van der Waals surface area contributed by atoms with Gasteiger partial charge in [-0.1, -0.05) is 13.0 Å². The van der Waals surface area contributed by atoms with Crippen molar-refractivity contribution in [3.05, 3.63) is 29.4 Å². The molecule has 84 valence electrons. The van der Waals surface area contributed by atoms with E-state index in [9.17, 15) is 0 Å². The highest BCUT2D eigenvalue weighted by Gasteiger charge is 2.11. The average Bonchev–Trinajstić information content (AvgIpc) is 2.82. The van der Waals surface area contributed by atoms with Crippen LogP contribution in [0.5, 0.6) is 0 Å².